The number of hydrogen-bond donors (Lipinski definition) is 2. The minimum Gasteiger partial charge on any atom is -0.381 e. The predicted octanol–water partition coefficient (Wildman–Crippen LogP) is 4.02. The summed E-state index contributed by atoms with van der Waals surface area (Å²) in [6.45, 7) is -0.508. The lowest BCUT2D eigenvalue weighted by molar-refractivity contribution is -0.196. The number of amides is 1. The van der Waals surface area contributed by atoms with Gasteiger partial charge in [0, 0.05) is 30.3 Å². The number of benzene rings is 1. The third kappa shape index (κ3) is 5.42. The smallest absolute Gasteiger partial charge is 0.381 e. The second-order valence-electron chi connectivity index (χ2n) is 8.40. The molecule has 1 saturated heterocycles. The summed E-state index contributed by atoms with van der Waals surface area (Å²) in [4.78, 5) is 23.3. The average molecular weight is 517 g/mol. The lowest BCUT2D eigenvalue weighted by Gasteiger charge is -2.45. The molecule has 1 aromatic carbocycles. The van der Waals surface area contributed by atoms with E-state index in [4.69, 9.17) is 17.3 Å². The van der Waals surface area contributed by atoms with E-state index in [9.17, 15) is 26.7 Å². The molecule has 188 valence electrons. The zero-order valence-electron chi connectivity index (χ0n) is 18.3. The monoisotopic (exact) mass is 516 g/mol. The molecule has 0 spiro atoms. The molecule has 0 saturated carbocycles. The number of nitrogens with zero attached hydrogens (tertiary/aromatic N) is 4. The molecule has 2 aliphatic heterocycles. The van der Waals surface area contributed by atoms with Crippen molar-refractivity contribution in [2.24, 2.45) is 5.92 Å². The molecule has 13 heteroatoms. The number of carbonyl (C=O) groups excluding carboxylic acids is 1. The standard InChI is InChI=1S/C22H22ClF5N6O/c23-12-7-13(24)9-14(8-12)32-16-3-1-2-5-34(21(16)35)17-10-33(6-4-15(17)22(26,27)28)20-18(25)19(29)30-11-31-20/h1-2,7-9,11,15-17,32H,3-6,10H2,(H2,29,30,31)/t15?,16-,17+/m1/s1. The maximum atomic E-state index is 14.5. The Morgan fingerprint density at radius 2 is 1.91 bits per heavy atom. The normalized spacial score (nSPS) is 23.4. The lowest BCUT2D eigenvalue weighted by atomic mass is 9.89. The van der Waals surface area contributed by atoms with Crippen LogP contribution in [0.4, 0.5) is 39.3 Å². The molecule has 0 bridgehead atoms. The third-order valence-electron chi connectivity index (χ3n) is 6.13. The summed E-state index contributed by atoms with van der Waals surface area (Å²) in [6, 6.07) is 1.37. The van der Waals surface area contributed by atoms with Crippen molar-refractivity contribution < 1.29 is 26.7 Å². The number of halogens is 6. The second kappa shape index (κ2) is 9.84. The number of piperidine rings is 1. The average Bonchev–Trinajstić information content (AvgIpc) is 2.95. The van der Waals surface area contributed by atoms with Gasteiger partial charge in [-0.05, 0) is 31.0 Å². The van der Waals surface area contributed by atoms with Gasteiger partial charge in [0.2, 0.25) is 11.7 Å². The molecule has 1 unspecified atom stereocenters. The first-order chi connectivity index (χ1) is 16.5. The van der Waals surface area contributed by atoms with Crippen molar-refractivity contribution in [3.8, 4) is 0 Å². The first-order valence-corrected chi connectivity index (χ1v) is 11.2. The first-order valence-electron chi connectivity index (χ1n) is 10.8. The molecule has 1 amide bonds. The van der Waals surface area contributed by atoms with Gasteiger partial charge in [-0.1, -0.05) is 23.8 Å². The van der Waals surface area contributed by atoms with Crippen molar-refractivity contribution in [2.45, 2.75) is 31.1 Å². The van der Waals surface area contributed by atoms with E-state index < -0.39 is 47.5 Å². The SMILES string of the molecule is Nc1ncnc(N2CCC(C(F)(F)F)[C@@H](N3CC=CC[C@@H](Nc4cc(F)cc(Cl)c4)C3=O)C2)c1F. The summed E-state index contributed by atoms with van der Waals surface area (Å²) in [7, 11) is 0. The van der Waals surface area contributed by atoms with Gasteiger partial charge in [0.25, 0.3) is 0 Å². The Morgan fingerprint density at radius 1 is 1.14 bits per heavy atom. The van der Waals surface area contributed by atoms with E-state index in [1.54, 1.807) is 12.2 Å². The van der Waals surface area contributed by atoms with Crippen LogP contribution in [-0.4, -0.2) is 58.7 Å². The maximum absolute atomic E-state index is 14.5. The minimum atomic E-state index is -4.59. The highest BCUT2D eigenvalue weighted by molar-refractivity contribution is 6.30. The number of hydrogen-bond acceptors (Lipinski definition) is 6. The molecule has 3 N–H and O–H groups in total. The van der Waals surface area contributed by atoms with Gasteiger partial charge in [0.05, 0.1) is 12.0 Å². The molecule has 7 nitrogen and oxygen atoms in total. The fourth-order valence-corrected chi connectivity index (χ4v) is 4.71. The molecule has 1 fully saturated rings. The van der Waals surface area contributed by atoms with Crippen LogP contribution >= 0.6 is 11.6 Å². The van der Waals surface area contributed by atoms with Gasteiger partial charge in [0.1, 0.15) is 18.2 Å². The Hall–Kier alpha value is -3.15. The predicted molar refractivity (Wildman–Crippen MR) is 121 cm³/mol. The number of nitrogens with one attached hydrogen (secondary N) is 1. The Balaban J connectivity index is 1.63. The molecule has 4 rings (SSSR count). The number of nitrogens with two attached hydrogens (primary N) is 1. The molecule has 2 aromatic rings. The first kappa shape index (κ1) is 25.0. The van der Waals surface area contributed by atoms with Crippen molar-refractivity contribution >= 4 is 34.8 Å². The highest BCUT2D eigenvalue weighted by Crippen LogP contribution is 2.39. The van der Waals surface area contributed by atoms with E-state index in [-0.39, 0.29) is 49.0 Å². The Morgan fingerprint density at radius 3 is 2.63 bits per heavy atom. The summed E-state index contributed by atoms with van der Waals surface area (Å²) < 4.78 is 70.3. The minimum absolute atomic E-state index is 0.0690. The van der Waals surface area contributed by atoms with Crippen molar-refractivity contribution in [2.75, 3.05) is 35.6 Å². The highest BCUT2D eigenvalue weighted by Gasteiger charge is 2.51. The van der Waals surface area contributed by atoms with Crippen molar-refractivity contribution in [1.29, 1.82) is 0 Å². The van der Waals surface area contributed by atoms with Crippen molar-refractivity contribution in [3.63, 3.8) is 0 Å². The van der Waals surface area contributed by atoms with E-state index in [2.05, 4.69) is 15.3 Å². The number of alkyl halides is 3. The topological polar surface area (TPSA) is 87.4 Å². The number of nitrogen functional groups attached to an aromatic ring is 1. The summed E-state index contributed by atoms with van der Waals surface area (Å²) in [5.41, 5.74) is 5.73. The van der Waals surface area contributed by atoms with Crippen molar-refractivity contribution in [3.05, 3.63) is 53.3 Å². The van der Waals surface area contributed by atoms with E-state index in [1.165, 1.54) is 11.0 Å². The highest BCUT2D eigenvalue weighted by atomic mass is 35.5. The fourth-order valence-electron chi connectivity index (χ4n) is 4.48. The largest absolute Gasteiger partial charge is 0.393 e. The Kier molecular flexibility index (Phi) is 7.02. The molecule has 2 aliphatic rings. The van der Waals surface area contributed by atoms with E-state index >= 15 is 0 Å². The molecule has 0 radical (unpaired) electrons. The van der Waals surface area contributed by atoms with E-state index in [0.29, 0.717) is 0 Å². The van der Waals surface area contributed by atoms with Crippen LogP contribution in [0.1, 0.15) is 12.8 Å². The van der Waals surface area contributed by atoms with Gasteiger partial charge in [-0.25, -0.2) is 14.4 Å². The molecular weight excluding hydrogens is 495 g/mol. The number of carbonyl (C=O) groups is 1. The van der Waals surface area contributed by atoms with Crippen molar-refractivity contribution in [1.82, 2.24) is 14.9 Å². The van der Waals surface area contributed by atoms with E-state index in [1.807, 2.05) is 0 Å². The van der Waals surface area contributed by atoms with Crippen LogP contribution in [0.5, 0.6) is 0 Å². The van der Waals surface area contributed by atoms with Gasteiger partial charge < -0.3 is 20.9 Å². The van der Waals surface area contributed by atoms with Crippen LogP contribution in [0.15, 0.2) is 36.7 Å². The van der Waals surface area contributed by atoms with Gasteiger partial charge in [0.15, 0.2) is 11.6 Å². The Bertz CT molecular complexity index is 1110. The van der Waals surface area contributed by atoms with Gasteiger partial charge >= 0.3 is 6.18 Å². The van der Waals surface area contributed by atoms with Crippen LogP contribution in [-0.2, 0) is 4.79 Å². The number of aromatic nitrogens is 2. The van der Waals surface area contributed by atoms with Crippen LogP contribution in [0, 0.1) is 17.6 Å². The quantitative estimate of drug-likeness (QED) is 0.471. The van der Waals surface area contributed by atoms with Crippen LogP contribution in [0.2, 0.25) is 5.02 Å². The molecule has 3 atom stereocenters. The Labute approximate surface area is 202 Å². The van der Waals surface area contributed by atoms with Crippen LogP contribution < -0.4 is 16.0 Å². The van der Waals surface area contributed by atoms with Crippen LogP contribution in [0.3, 0.4) is 0 Å². The molecule has 35 heavy (non-hydrogen) atoms. The lowest BCUT2D eigenvalue weighted by Crippen LogP contribution is -2.60. The summed E-state index contributed by atoms with van der Waals surface area (Å²) in [6.07, 6.45) is -0.480. The summed E-state index contributed by atoms with van der Waals surface area (Å²) >= 11 is 5.88. The fraction of sp³-hybridized carbons (Fsp3) is 0.409. The molecule has 0 aliphatic carbocycles. The van der Waals surface area contributed by atoms with Gasteiger partial charge in [-0.15, -0.1) is 0 Å². The third-order valence-corrected chi connectivity index (χ3v) is 6.34. The zero-order chi connectivity index (χ0) is 25.3. The number of anilines is 3. The van der Waals surface area contributed by atoms with E-state index in [0.717, 1.165) is 23.4 Å². The van der Waals surface area contributed by atoms with Crippen LogP contribution in [0.25, 0.3) is 0 Å². The zero-order valence-corrected chi connectivity index (χ0v) is 19.0. The van der Waals surface area contributed by atoms with Gasteiger partial charge in [-0.2, -0.15) is 17.6 Å². The molecule has 1 aromatic heterocycles. The second-order valence-corrected chi connectivity index (χ2v) is 8.84. The summed E-state index contributed by atoms with van der Waals surface area (Å²) in [5.74, 6) is -4.62. The van der Waals surface area contributed by atoms with Gasteiger partial charge in [-0.3, -0.25) is 4.79 Å². The summed E-state index contributed by atoms with van der Waals surface area (Å²) in [5, 5.41) is 2.98. The maximum Gasteiger partial charge on any atom is 0.393 e. The number of rotatable bonds is 4. The molecular formula is C22H22ClF5N6O. The molecule has 3 heterocycles.